The first-order valence-electron chi connectivity index (χ1n) is 9.50. The molecule has 5 nitrogen and oxygen atoms in total. The molecule has 1 aliphatic carbocycles. The summed E-state index contributed by atoms with van der Waals surface area (Å²) in [6.07, 6.45) is 3.48. The first-order valence-corrected chi connectivity index (χ1v) is 9.87. The van der Waals surface area contributed by atoms with Gasteiger partial charge >= 0.3 is 6.03 Å². The Morgan fingerprint density at radius 2 is 1.82 bits per heavy atom. The number of benzene rings is 2. The predicted octanol–water partition coefficient (Wildman–Crippen LogP) is 3.87. The molecule has 3 amide bonds. The minimum atomic E-state index is -1.17. The topological polar surface area (TPSA) is 66.5 Å². The molecule has 2 aliphatic rings. The van der Waals surface area contributed by atoms with Crippen LogP contribution in [0.1, 0.15) is 46.8 Å². The van der Waals surface area contributed by atoms with E-state index in [-0.39, 0.29) is 12.3 Å². The maximum absolute atomic E-state index is 13.2. The van der Waals surface area contributed by atoms with E-state index in [0.717, 1.165) is 24.2 Å². The number of fused-ring (bicyclic) bond motifs is 1. The Morgan fingerprint density at radius 3 is 2.54 bits per heavy atom. The molecule has 2 aromatic rings. The van der Waals surface area contributed by atoms with Crippen molar-refractivity contribution in [3.05, 3.63) is 69.7 Å². The highest BCUT2D eigenvalue weighted by Gasteiger charge is 2.51. The predicted molar refractivity (Wildman–Crippen MR) is 106 cm³/mol. The standard InChI is InChI=1S/C22H21ClN2O3/c1-2-22(17-8-10-18(23)11-9-17)20(27)25(21(28)24-22)13-19(26)16-7-6-14-4-3-5-15(14)12-16/h6-12H,2-5,13H2,1H3,(H,24,28)/t22-/m1/s1. The minimum Gasteiger partial charge on any atom is -0.319 e. The third-order valence-corrected chi connectivity index (χ3v) is 6.02. The van der Waals surface area contributed by atoms with E-state index in [1.165, 1.54) is 11.1 Å². The van der Waals surface area contributed by atoms with Crippen LogP contribution in [-0.4, -0.2) is 29.2 Å². The normalized spacial score (nSPS) is 21.0. The van der Waals surface area contributed by atoms with Gasteiger partial charge in [-0.3, -0.25) is 14.5 Å². The lowest BCUT2D eigenvalue weighted by molar-refractivity contribution is -0.131. The highest BCUT2D eigenvalue weighted by atomic mass is 35.5. The molecule has 1 saturated heterocycles. The highest BCUT2D eigenvalue weighted by molar-refractivity contribution is 6.30. The number of ketones is 1. The summed E-state index contributed by atoms with van der Waals surface area (Å²) < 4.78 is 0. The van der Waals surface area contributed by atoms with Crippen molar-refractivity contribution in [3.63, 3.8) is 0 Å². The zero-order chi connectivity index (χ0) is 19.9. The molecular weight excluding hydrogens is 376 g/mol. The molecular formula is C22H21ClN2O3. The van der Waals surface area contributed by atoms with E-state index in [0.29, 0.717) is 22.6 Å². The SMILES string of the molecule is CC[C@]1(c2ccc(Cl)cc2)NC(=O)N(CC(=O)c2ccc3c(c2)CCC3)C1=O. The lowest BCUT2D eigenvalue weighted by Gasteiger charge is -2.25. The number of carbonyl (C=O) groups excluding carboxylic acids is 3. The molecule has 28 heavy (non-hydrogen) atoms. The largest absolute Gasteiger partial charge is 0.325 e. The molecule has 0 radical (unpaired) electrons. The zero-order valence-electron chi connectivity index (χ0n) is 15.6. The number of imide groups is 1. The Labute approximate surface area is 168 Å². The van der Waals surface area contributed by atoms with Crippen LogP contribution in [-0.2, 0) is 23.2 Å². The number of urea groups is 1. The van der Waals surface area contributed by atoms with Crippen LogP contribution in [0.4, 0.5) is 4.79 Å². The summed E-state index contributed by atoms with van der Waals surface area (Å²) in [5, 5.41) is 3.34. The van der Waals surface area contributed by atoms with Gasteiger partial charge in [0, 0.05) is 10.6 Å². The monoisotopic (exact) mass is 396 g/mol. The van der Waals surface area contributed by atoms with Gasteiger partial charge in [0.1, 0.15) is 5.54 Å². The van der Waals surface area contributed by atoms with Crippen LogP contribution in [0.5, 0.6) is 0 Å². The summed E-state index contributed by atoms with van der Waals surface area (Å²) in [6.45, 7) is 1.57. The summed E-state index contributed by atoms with van der Waals surface area (Å²) in [5.41, 5.74) is 2.50. The molecule has 0 saturated carbocycles. The maximum Gasteiger partial charge on any atom is 0.325 e. The molecule has 1 fully saturated rings. The first-order chi connectivity index (χ1) is 13.4. The number of Topliss-reactive ketones (excluding diaryl/α,β-unsaturated/α-hetero) is 1. The number of amides is 3. The quantitative estimate of drug-likeness (QED) is 0.616. The summed E-state index contributed by atoms with van der Waals surface area (Å²) in [6, 6.07) is 12.0. The van der Waals surface area contributed by atoms with Crippen LogP contribution in [0.3, 0.4) is 0 Å². The number of nitrogens with zero attached hydrogens (tertiary/aromatic N) is 1. The molecule has 1 atom stereocenters. The summed E-state index contributed by atoms with van der Waals surface area (Å²) in [7, 11) is 0. The molecule has 0 unspecified atom stereocenters. The highest BCUT2D eigenvalue weighted by Crippen LogP contribution is 2.33. The molecule has 1 N–H and O–H groups in total. The van der Waals surface area contributed by atoms with Gasteiger partial charge < -0.3 is 5.32 Å². The number of hydrogen-bond acceptors (Lipinski definition) is 3. The molecule has 0 bridgehead atoms. The van der Waals surface area contributed by atoms with Crippen molar-refractivity contribution < 1.29 is 14.4 Å². The Morgan fingerprint density at radius 1 is 1.11 bits per heavy atom. The third-order valence-electron chi connectivity index (χ3n) is 5.77. The zero-order valence-corrected chi connectivity index (χ0v) is 16.4. The smallest absolute Gasteiger partial charge is 0.319 e. The number of halogens is 1. The van der Waals surface area contributed by atoms with Gasteiger partial charge in [-0.05, 0) is 60.6 Å². The number of carbonyl (C=O) groups is 3. The fourth-order valence-electron chi connectivity index (χ4n) is 4.12. The fraction of sp³-hybridized carbons (Fsp3) is 0.318. The lowest BCUT2D eigenvalue weighted by atomic mass is 9.87. The number of aryl methyl sites for hydroxylation is 2. The van der Waals surface area contributed by atoms with Crippen molar-refractivity contribution in [1.29, 1.82) is 0 Å². The molecule has 1 aliphatic heterocycles. The molecule has 0 aromatic heterocycles. The van der Waals surface area contributed by atoms with Crippen molar-refractivity contribution in [2.45, 2.75) is 38.1 Å². The molecule has 6 heteroatoms. The molecule has 4 rings (SSSR count). The Balaban J connectivity index is 1.58. The minimum absolute atomic E-state index is 0.235. The average Bonchev–Trinajstić information content (AvgIpc) is 3.26. The van der Waals surface area contributed by atoms with Gasteiger partial charge in [0.05, 0.1) is 6.54 Å². The van der Waals surface area contributed by atoms with Crippen LogP contribution < -0.4 is 5.32 Å². The van der Waals surface area contributed by atoms with Crippen LogP contribution in [0.15, 0.2) is 42.5 Å². The molecule has 2 aromatic carbocycles. The molecule has 1 heterocycles. The second kappa shape index (κ2) is 7.06. The van der Waals surface area contributed by atoms with E-state index in [9.17, 15) is 14.4 Å². The molecule has 0 spiro atoms. The third kappa shape index (κ3) is 3.00. The van der Waals surface area contributed by atoms with Gasteiger partial charge in [0.25, 0.3) is 5.91 Å². The van der Waals surface area contributed by atoms with Gasteiger partial charge in [-0.25, -0.2) is 4.79 Å². The number of hydrogen-bond donors (Lipinski definition) is 1. The van der Waals surface area contributed by atoms with E-state index in [4.69, 9.17) is 11.6 Å². The van der Waals surface area contributed by atoms with Crippen molar-refractivity contribution in [2.75, 3.05) is 6.54 Å². The number of rotatable bonds is 5. The van der Waals surface area contributed by atoms with Gasteiger partial charge in [-0.2, -0.15) is 0 Å². The molecule has 144 valence electrons. The second-order valence-corrected chi connectivity index (χ2v) is 7.78. The van der Waals surface area contributed by atoms with Crippen molar-refractivity contribution in [1.82, 2.24) is 10.2 Å². The van der Waals surface area contributed by atoms with Gasteiger partial charge in [0.2, 0.25) is 0 Å². The number of nitrogens with one attached hydrogen (secondary N) is 1. The Hall–Kier alpha value is -2.66. The maximum atomic E-state index is 13.2. The van der Waals surface area contributed by atoms with E-state index in [1.807, 2.05) is 19.1 Å². The summed E-state index contributed by atoms with van der Waals surface area (Å²) >= 11 is 5.95. The fourth-order valence-corrected chi connectivity index (χ4v) is 4.25. The van der Waals surface area contributed by atoms with Crippen LogP contribution in [0.25, 0.3) is 0 Å². The Kier molecular flexibility index (Phi) is 4.71. The van der Waals surface area contributed by atoms with Crippen LogP contribution in [0.2, 0.25) is 5.02 Å². The van der Waals surface area contributed by atoms with Gasteiger partial charge in [0.15, 0.2) is 5.78 Å². The summed E-state index contributed by atoms with van der Waals surface area (Å²) in [5.74, 6) is -0.641. The van der Waals surface area contributed by atoms with Gasteiger partial charge in [-0.15, -0.1) is 0 Å². The van der Waals surface area contributed by atoms with Crippen molar-refractivity contribution >= 4 is 29.3 Å². The van der Waals surface area contributed by atoms with Crippen LogP contribution in [0, 0.1) is 0 Å². The Bertz CT molecular complexity index is 970. The average molecular weight is 397 g/mol. The van der Waals surface area contributed by atoms with Crippen molar-refractivity contribution in [3.8, 4) is 0 Å². The van der Waals surface area contributed by atoms with E-state index >= 15 is 0 Å². The first kappa shape index (κ1) is 18.7. The van der Waals surface area contributed by atoms with E-state index < -0.39 is 17.5 Å². The van der Waals surface area contributed by atoms with Crippen LogP contribution >= 0.6 is 11.6 Å². The lowest BCUT2D eigenvalue weighted by Crippen LogP contribution is -2.43. The van der Waals surface area contributed by atoms with E-state index in [1.54, 1.807) is 30.3 Å². The van der Waals surface area contributed by atoms with Crippen molar-refractivity contribution in [2.24, 2.45) is 0 Å². The van der Waals surface area contributed by atoms with Gasteiger partial charge in [-0.1, -0.05) is 42.8 Å². The summed E-state index contributed by atoms with van der Waals surface area (Å²) in [4.78, 5) is 39.5. The second-order valence-electron chi connectivity index (χ2n) is 7.35. The van der Waals surface area contributed by atoms with E-state index in [2.05, 4.69) is 5.32 Å².